The van der Waals surface area contributed by atoms with Crippen LogP contribution in [0, 0.1) is 11.6 Å². The van der Waals surface area contributed by atoms with Crippen LogP contribution in [-0.4, -0.2) is 59.6 Å². The predicted molar refractivity (Wildman–Crippen MR) is 86.6 cm³/mol. The number of piperidine rings is 1. The van der Waals surface area contributed by atoms with Crippen LogP contribution >= 0.6 is 0 Å². The van der Waals surface area contributed by atoms with Gasteiger partial charge in [-0.2, -0.15) is 0 Å². The fraction of sp³-hybridized carbons (Fsp3) is 0.611. The van der Waals surface area contributed by atoms with Gasteiger partial charge in [-0.15, -0.1) is 0 Å². The maximum absolute atomic E-state index is 13.9. The van der Waals surface area contributed by atoms with E-state index < -0.39 is 17.7 Å². The first-order valence-electron chi connectivity index (χ1n) is 8.66. The van der Waals surface area contributed by atoms with Crippen molar-refractivity contribution in [1.82, 2.24) is 9.80 Å². The Morgan fingerprint density at radius 3 is 2.38 bits per heavy atom. The molecule has 2 heterocycles. The number of hydrogen-bond donors (Lipinski definition) is 1. The molecule has 0 bridgehead atoms. The number of benzene rings is 1. The molecule has 6 heteroatoms. The number of β-amino-alcohol motifs (C(OH)–C–C–N with tert-alkyl or cyclic N) is 1. The second-order valence-electron chi connectivity index (χ2n) is 6.81. The van der Waals surface area contributed by atoms with Crippen LogP contribution in [0.2, 0.25) is 0 Å². The smallest absolute Gasteiger partial charge is 0.222 e. The summed E-state index contributed by atoms with van der Waals surface area (Å²) in [4.78, 5) is 15.4. The lowest BCUT2D eigenvalue weighted by Gasteiger charge is -2.34. The summed E-state index contributed by atoms with van der Waals surface area (Å²) in [5.41, 5.74) is 0.195. The number of likely N-dealkylation sites (tertiary alicyclic amines) is 2. The number of rotatable bonds is 5. The van der Waals surface area contributed by atoms with Crippen molar-refractivity contribution in [2.24, 2.45) is 0 Å². The van der Waals surface area contributed by atoms with E-state index in [1.807, 2.05) is 0 Å². The van der Waals surface area contributed by atoms with E-state index in [2.05, 4.69) is 4.90 Å². The summed E-state index contributed by atoms with van der Waals surface area (Å²) in [7, 11) is 0. The molecule has 0 aliphatic carbocycles. The van der Waals surface area contributed by atoms with Crippen LogP contribution < -0.4 is 0 Å². The number of aliphatic hydroxyl groups is 1. The van der Waals surface area contributed by atoms with Gasteiger partial charge in [-0.05, 0) is 50.4 Å². The summed E-state index contributed by atoms with van der Waals surface area (Å²) < 4.78 is 27.8. The summed E-state index contributed by atoms with van der Waals surface area (Å²) in [5, 5.41) is 10.2. The zero-order chi connectivity index (χ0) is 17.1. The van der Waals surface area contributed by atoms with E-state index in [4.69, 9.17) is 0 Å². The summed E-state index contributed by atoms with van der Waals surface area (Å²) in [5.74, 6) is -0.940. The molecule has 0 spiro atoms. The molecule has 2 fully saturated rings. The van der Waals surface area contributed by atoms with Crippen molar-refractivity contribution in [3.05, 3.63) is 35.4 Å². The predicted octanol–water partition coefficient (Wildman–Crippen LogP) is 2.13. The fourth-order valence-electron chi connectivity index (χ4n) is 3.81. The topological polar surface area (TPSA) is 43.8 Å². The molecule has 1 aromatic carbocycles. The molecule has 0 saturated carbocycles. The molecule has 2 aliphatic heterocycles. The molecular formula is C18H24F2N2O2. The Bertz CT molecular complexity index is 568. The highest BCUT2D eigenvalue weighted by molar-refractivity contribution is 5.78. The molecule has 0 radical (unpaired) electrons. The van der Waals surface area contributed by atoms with Crippen molar-refractivity contribution < 1.29 is 18.7 Å². The molecule has 1 aromatic rings. The molecule has 3 rings (SSSR count). The van der Waals surface area contributed by atoms with E-state index in [1.54, 1.807) is 4.90 Å². The largest absolute Gasteiger partial charge is 0.390 e. The number of hydrogen-bond acceptors (Lipinski definition) is 3. The highest BCUT2D eigenvalue weighted by atomic mass is 19.1. The Kier molecular flexibility index (Phi) is 5.46. The second kappa shape index (κ2) is 7.57. The van der Waals surface area contributed by atoms with Gasteiger partial charge in [0, 0.05) is 31.6 Å². The van der Waals surface area contributed by atoms with Crippen molar-refractivity contribution in [3.63, 3.8) is 0 Å². The minimum Gasteiger partial charge on any atom is -0.390 e. The quantitative estimate of drug-likeness (QED) is 0.894. The first-order chi connectivity index (χ1) is 11.5. The molecule has 1 atom stereocenters. The summed E-state index contributed by atoms with van der Waals surface area (Å²) >= 11 is 0. The van der Waals surface area contributed by atoms with Gasteiger partial charge in [0.25, 0.3) is 0 Å². The normalized spacial score (nSPS) is 21.5. The lowest BCUT2D eigenvalue weighted by Crippen LogP contribution is -2.43. The van der Waals surface area contributed by atoms with E-state index in [0.717, 1.165) is 13.0 Å². The van der Waals surface area contributed by atoms with Gasteiger partial charge in [-0.25, -0.2) is 8.78 Å². The third-order valence-electron chi connectivity index (χ3n) is 5.07. The molecule has 2 saturated heterocycles. The minimum atomic E-state index is -0.575. The third-order valence-corrected chi connectivity index (χ3v) is 5.07. The van der Waals surface area contributed by atoms with Crippen LogP contribution in [0.3, 0.4) is 0 Å². The van der Waals surface area contributed by atoms with Crippen LogP contribution in [0.1, 0.15) is 37.2 Å². The molecule has 1 N–H and O–H groups in total. The van der Waals surface area contributed by atoms with Crippen LogP contribution in [0.25, 0.3) is 0 Å². The van der Waals surface area contributed by atoms with E-state index in [9.17, 15) is 18.7 Å². The molecule has 1 amide bonds. The van der Waals surface area contributed by atoms with E-state index in [1.165, 1.54) is 18.2 Å². The number of carbonyl (C=O) groups excluding carboxylic acids is 1. The first-order valence-corrected chi connectivity index (χ1v) is 8.66. The summed E-state index contributed by atoms with van der Waals surface area (Å²) in [6.45, 7) is 2.99. The standard InChI is InChI=1S/C18H24F2N2O2/c19-15-3-1-4-16(20)18(15)13-6-9-21(10-7-13)11-14(23)12-22-8-2-5-17(22)24/h1,3-4,13-14,23H,2,5-12H2. The Labute approximate surface area is 141 Å². The lowest BCUT2D eigenvalue weighted by atomic mass is 9.88. The van der Waals surface area contributed by atoms with Gasteiger partial charge < -0.3 is 14.9 Å². The zero-order valence-electron chi connectivity index (χ0n) is 13.8. The van der Waals surface area contributed by atoms with Crippen LogP contribution in [0.4, 0.5) is 8.78 Å². The van der Waals surface area contributed by atoms with Gasteiger partial charge in [0.2, 0.25) is 5.91 Å². The Morgan fingerprint density at radius 1 is 1.12 bits per heavy atom. The van der Waals surface area contributed by atoms with Gasteiger partial charge in [0.15, 0.2) is 0 Å². The average molecular weight is 338 g/mol. The summed E-state index contributed by atoms with van der Waals surface area (Å²) in [6, 6.07) is 4.00. The van der Waals surface area contributed by atoms with Crippen LogP contribution in [-0.2, 0) is 4.79 Å². The minimum absolute atomic E-state index is 0.111. The van der Waals surface area contributed by atoms with Crippen LogP contribution in [0.5, 0.6) is 0 Å². The maximum atomic E-state index is 13.9. The van der Waals surface area contributed by atoms with Crippen molar-refractivity contribution in [2.45, 2.75) is 37.7 Å². The molecular weight excluding hydrogens is 314 g/mol. The first kappa shape index (κ1) is 17.3. The molecule has 2 aliphatic rings. The molecule has 132 valence electrons. The molecule has 24 heavy (non-hydrogen) atoms. The van der Waals surface area contributed by atoms with Crippen molar-refractivity contribution in [3.8, 4) is 0 Å². The monoisotopic (exact) mass is 338 g/mol. The molecule has 1 unspecified atom stereocenters. The van der Waals surface area contributed by atoms with Gasteiger partial charge in [-0.1, -0.05) is 6.07 Å². The SMILES string of the molecule is O=C1CCCN1CC(O)CN1CCC(c2c(F)cccc2F)CC1. The highest BCUT2D eigenvalue weighted by Crippen LogP contribution is 2.31. The Morgan fingerprint density at radius 2 is 1.79 bits per heavy atom. The third kappa shape index (κ3) is 3.92. The average Bonchev–Trinajstić information content (AvgIpc) is 2.94. The van der Waals surface area contributed by atoms with Crippen molar-refractivity contribution >= 4 is 5.91 Å². The van der Waals surface area contributed by atoms with Crippen molar-refractivity contribution in [1.29, 1.82) is 0 Å². The fourth-order valence-corrected chi connectivity index (χ4v) is 3.81. The lowest BCUT2D eigenvalue weighted by molar-refractivity contribution is -0.129. The van der Waals surface area contributed by atoms with E-state index in [-0.39, 0.29) is 17.4 Å². The molecule has 4 nitrogen and oxygen atoms in total. The second-order valence-corrected chi connectivity index (χ2v) is 6.81. The zero-order valence-corrected chi connectivity index (χ0v) is 13.8. The van der Waals surface area contributed by atoms with Crippen LogP contribution in [0.15, 0.2) is 18.2 Å². The number of halogens is 2. The summed E-state index contributed by atoms with van der Waals surface area (Å²) in [6.07, 6.45) is 2.21. The van der Waals surface area contributed by atoms with Gasteiger partial charge >= 0.3 is 0 Å². The Balaban J connectivity index is 1.49. The van der Waals surface area contributed by atoms with Gasteiger partial charge in [0.05, 0.1) is 6.10 Å². The van der Waals surface area contributed by atoms with E-state index in [0.29, 0.717) is 45.4 Å². The Hall–Kier alpha value is -1.53. The number of aliphatic hydroxyl groups excluding tert-OH is 1. The number of nitrogens with zero attached hydrogens (tertiary/aromatic N) is 2. The van der Waals surface area contributed by atoms with E-state index >= 15 is 0 Å². The van der Waals surface area contributed by atoms with Crippen molar-refractivity contribution in [2.75, 3.05) is 32.7 Å². The number of amides is 1. The highest BCUT2D eigenvalue weighted by Gasteiger charge is 2.28. The number of carbonyl (C=O) groups is 1. The molecule has 0 aromatic heterocycles. The van der Waals surface area contributed by atoms with Gasteiger partial charge in [0.1, 0.15) is 11.6 Å². The van der Waals surface area contributed by atoms with Gasteiger partial charge in [-0.3, -0.25) is 4.79 Å². The maximum Gasteiger partial charge on any atom is 0.222 e.